The average Bonchev–Trinajstić information content (AvgIpc) is 3.12. The SMILES string of the molecule is Cc1ccc(F)cc1NC(=O)c1ccc(N2CCCC2)c([N+](=O)[O-])c1. The highest BCUT2D eigenvalue weighted by molar-refractivity contribution is 6.05. The van der Waals surface area contributed by atoms with Crippen molar-refractivity contribution < 1.29 is 14.1 Å². The van der Waals surface area contributed by atoms with Gasteiger partial charge in [-0.05, 0) is 49.6 Å². The molecule has 1 saturated heterocycles. The van der Waals surface area contributed by atoms with Crippen LogP contribution in [-0.2, 0) is 0 Å². The molecule has 25 heavy (non-hydrogen) atoms. The van der Waals surface area contributed by atoms with Crippen molar-refractivity contribution in [3.63, 3.8) is 0 Å². The third kappa shape index (κ3) is 3.60. The van der Waals surface area contributed by atoms with Crippen LogP contribution in [0.15, 0.2) is 36.4 Å². The molecule has 1 aliphatic rings. The van der Waals surface area contributed by atoms with Gasteiger partial charge in [0.05, 0.1) is 4.92 Å². The van der Waals surface area contributed by atoms with E-state index in [1.54, 1.807) is 25.1 Å². The van der Waals surface area contributed by atoms with Crippen molar-refractivity contribution in [1.82, 2.24) is 0 Å². The number of rotatable bonds is 4. The van der Waals surface area contributed by atoms with E-state index in [2.05, 4.69) is 5.32 Å². The molecule has 0 aliphatic carbocycles. The first-order valence-corrected chi connectivity index (χ1v) is 8.06. The van der Waals surface area contributed by atoms with Crippen molar-refractivity contribution in [2.75, 3.05) is 23.3 Å². The van der Waals surface area contributed by atoms with Crippen molar-refractivity contribution in [3.05, 3.63) is 63.5 Å². The molecule has 7 heteroatoms. The Morgan fingerprint density at radius 3 is 2.60 bits per heavy atom. The van der Waals surface area contributed by atoms with Gasteiger partial charge in [0.15, 0.2) is 0 Å². The summed E-state index contributed by atoms with van der Waals surface area (Å²) in [6.45, 7) is 3.29. The lowest BCUT2D eigenvalue weighted by molar-refractivity contribution is -0.384. The molecule has 2 aromatic rings. The second-order valence-electron chi connectivity index (χ2n) is 6.07. The predicted octanol–water partition coefficient (Wildman–Crippen LogP) is 3.89. The van der Waals surface area contributed by atoms with Gasteiger partial charge >= 0.3 is 0 Å². The quantitative estimate of drug-likeness (QED) is 0.675. The zero-order valence-corrected chi connectivity index (χ0v) is 13.8. The van der Waals surface area contributed by atoms with Crippen molar-refractivity contribution >= 4 is 23.0 Å². The van der Waals surface area contributed by atoms with E-state index in [9.17, 15) is 19.3 Å². The van der Waals surface area contributed by atoms with E-state index in [-0.39, 0.29) is 11.3 Å². The minimum absolute atomic E-state index is 0.0921. The lowest BCUT2D eigenvalue weighted by Gasteiger charge is -2.18. The predicted molar refractivity (Wildman–Crippen MR) is 93.6 cm³/mol. The molecule has 2 aromatic carbocycles. The highest BCUT2D eigenvalue weighted by Gasteiger charge is 2.24. The van der Waals surface area contributed by atoms with Gasteiger partial charge < -0.3 is 10.2 Å². The number of hydrogen-bond donors (Lipinski definition) is 1. The molecule has 130 valence electrons. The van der Waals surface area contributed by atoms with Gasteiger partial charge in [-0.3, -0.25) is 14.9 Å². The number of nitrogens with zero attached hydrogens (tertiary/aromatic N) is 2. The van der Waals surface area contributed by atoms with E-state index in [0.29, 0.717) is 16.9 Å². The number of amides is 1. The molecule has 1 fully saturated rings. The summed E-state index contributed by atoms with van der Waals surface area (Å²) >= 11 is 0. The number of nitro benzene ring substituents is 1. The molecule has 6 nitrogen and oxygen atoms in total. The topological polar surface area (TPSA) is 75.5 Å². The summed E-state index contributed by atoms with van der Waals surface area (Å²) in [4.78, 5) is 25.3. The van der Waals surface area contributed by atoms with E-state index in [0.717, 1.165) is 25.9 Å². The molecule has 1 amide bonds. The molecule has 3 rings (SSSR count). The molecule has 1 aliphatic heterocycles. The van der Waals surface area contributed by atoms with Gasteiger partial charge in [-0.15, -0.1) is 0 Å². The molecule has 0 radical (unpaired) electrons. The summed E-state index contributed by atoms with van der Waals surface area (Å²) in [6.07, 6.45) is 2.00. The van der Waals surface area contributed by atoms with Crippen LogP contribution in [0.2, 0.25) is 0 Å². The molecular weight excluding hydrogens is 325 g/mol. The van der Waals surface area contributed by atoms with Gasteiger partial charge in [-0.2, -0.15) is 0 Å². The summed E-state index contributed by atoms with van der Waals surface area (Å²) < 4.78 is 13.3. The Kier molecular flexibility index (Phi) is 4.65. The fourth-order valence-electron chi connectivity index (χ4n) is 2.96. The van der Waals surface area contributed by atoms with Gasteiger partial charge in [0.25, 0.3) is 11.6 Å². The number of carbonyl (C=O) groups is 1. The normalized spacial score (nSPS) is 13.8. The van der Waals surface area contributed by atoms with E-state index in [1.165, 1.54) is 18.2 Å². The first kappa shape index (κ1) is 16.9. The fourth-order valence-corrected chi connectivity index (χ4v) is 2.96. The Hall–Kier alpha value is -2.96. The number of halogens is 1. The Bertz CT molecular complexity index is 832. The summed E-state index contributed by atoms with van der Waals surface area (Å²) in [5.74, 6) is -0.971. The Balaban J connectivity index is 1.89. The van der Waals surface area contributed by atoms with E-state index in [1.807, 2.05) is 4.90 Å². The Labute approximate surface area is 144 Å². The maximum absolute atomic E-state index is 13.3. The number of carbonyl (C=O) groups excluding carboxylic acids is 1. The van der Waals surface area contributed by atoms with Crippen LogP contribution in [0.3, 0.4) is 0 Å². The lowest BCUT2D eigenvalue weighted by Crippen LogP contribution is -2.20. The van der Waals surface area contributed by atoms with Crippen molar-refractivity contribution in [3.8, 4) is 0 Å². The van der Waals surface area contributed by atoms with E-state index >= 15 is 0 Å². The second kappa shape index (κ2) is 6.88. The number of anilines is 2. The molecule has 0 aromatic heterocycles. The summed E-state index contributed by atoms with van der Waals surface area (Å²) in [5.41, 5.74) is 1.65. The first-order chi connectivity index (χ1) is 12.0. The van der Waals surface area contributed by atoms with Crippen molar-refractivity contribution in [1.29, 1.82) is 0 Å². The number of nitrogens with one attached hydrogen (secondary N) is 1. The number of nitro groups is 1. The molecule has 1 N–H and O–H groups in total. The molecule has 0 bridgehead atoms. The maximum atomic E-state index is 13.3. The van der Waals surface area contributed by atoms with Gasteiger partial charge in [-0.1, -0.05) is 6.07 Å². The average molecular weight is 343 g/mol. The first-order valence-electron chi connectivity index (χ1n) is 8.06. The third-order valence-corrected chi connectivity index (χ3v) is 4.33. The van der Waals surface area contributed by atoms with Crippen LogP contribution in [0, 0.1) is 22.9 Å². The van der Waals surface area contributed by atoms with Gasteiger partial charge in [0, 0.05) is 30.4 Å². The number of hydrogen-bond acceptors (Lipinski definition) is 4. The second-order valence-corrected chi connectivity index (χ2v) is 6.07. The fraction of sp³-hybridized carbons (Fsp3) is 0.278. The number of aryl methyl sites for hydroxylation is 1. The van der Waals surface area contributed by atoms with Crippen LogP contribution in [0.1, 0.15) is 28.8 Å². The van der Waals surface area contributed by atoms with Crippen molar-refractivity contribution in [2.45, 2.75) is 19.8 Å². The van der Waals surface area contributed by atoms with Crippen LogP contribution in [0.25, 0.3) is 0 Å². The van der Waals surface area contributed by atoms with Crippen molar-refractivity contribution in [2.24, 2.45) is 0 Å². The molecule has 0 unspecified atom stereocenters. The Morgan fingerprint density at radius 1 is 1.20 bits per heavy atom. The van der Waals surface area contributed by atoms with Gasteiger partial charge in [0.1, 0.15) is 11.5 Å². The standard InChI is InChI=1S/C18H18FN3O3/c1-12-4-6-14(19)11-15(12)20-18(23)13-5-7-16(17(10-13)22(24)25)21-8-2-3-9-21/h4-7,10-11H,2-3,8-9H2,1H3,(H,20,23). The zero-order chi connectivity index (χ0) is 18.0. The van der Waals surface area contributed by atoms with Crippen LogP contribution in [0.5, 0.6) is 0 Å². The zero-order valence-electron chi connectivity index (χ0n) is 13.8. The third-order valence-electron chi connectivity index (χ3n) is 4.33. The largest absolute Gasteiger partial charge is 0.366 e. The molecule has 0 atom stereocenters. The summed E-state index contributed by atoms with van der Waals surface area (Å²) in [7, 11) is 0. The lowest BCUT2D eigenvalue weighted by atomic mass is 10.1. The monoisotopic (exact) mass is 343 g/mol. The van der Waals surface area contributed by atoms with Gasteiger partial charge in [0.2, 0.25) is 0 Å². The molecule has 1 heterocycles. The number of benzene rings is 2. The van der Waals surface area contributed by atoms with Crippen LogP contribution < -0.4 is 10.2 Å². The van der Waals surface area contributed by atoms with Crippen LogP contribution >= 0.6 is 0 Å². The molecule has 0 saturated carbocycles. The van der Waals surface area contributed by atoms with Gasteiger partial charge in [-0.25, -0.2) is 4.39 Å². The minimum atomic E-state index is -0.509. The molecule has 0 spiro atoms. The minimum Gasteiger partial charge on any atom is -0.366 e. The molecular formula is C18H18FN3O3. The highest BCUT2D eigenvalue weighted by Crippen LogP contribution is 2.32. The van der Waals surface area contributed by atoms with E-state index in [4.69, 9.17) is 0 Å². The summed E-state index contributed by atoms with van der Waals surface area (Å²) in [6, 6.07) is 8.53. The Morgan fingerprint density at radius 2 is 1.92 bits per heavy atom. The van der Waals surface area contributed by atoms with E-state index < -0.39 is 16.6 Å². The smallest absolute Gasteiger partial charge is 0.293 e. The highest BCUT2D eigenvalue weighted by atomic mass is 19.1. The van der Waals surface area contributed by atoms with Crippen LogP contribution in [0.4, 0.5) is 21.5 Å². The summed E-state index contributed by atoms with van der Waals surface area (Å²) in [5, 5.41) is 14.0. The maximum Gasteiger partial charge on any atom is 0.293 e. The van der Waals surface area contributed by atoms with Crippen LogP contribution in [-0.4, -0.2) is 23.9 Å².